The SMILES string of the molecule is Cc1ccc(N(C)C(CN)C(C)(C)C)c(C)c1. The van der Waals surface area contributed by atoms with Crippen LogP contribution in [0.5, 0.6) is 0 Å². The molecular weight excluding hydrogens is 208 g/mol. The minimum Gasteiger partial charge on any atom is -0.370 e. The maximum absolute atomic E-state index is 5.94. The minimum atomic E-state index is 0.181. The van der Waals surface area contributed by atoms with Crippen molar-refractivity contribution >= 4 is 5.69 Å². The van der Waals surface area contributed by atoms with Gasteiger partial charge in [0.05, 0.1) is 0 Å². The van der Waals surface area contributed by atoms with E-state index in [0.717, 1.165) is 0 Å². The first-order valence-electron chi connectivity index (χ1n) is 6.27. The summed E-state index contributed by atoms with van der Waals surface area (Å²) in [5.41, 5.74) is 10.0. The van der Waals surface area contributed by atoms with Crippen LogP contribution in [0.3, 0.4) is 0 Å². The van der Waals surface area contributed by atoms with E-state index in [9.17, 15) is 0 Å². The van der Waals surface area contributed by atoms with Crippen LogP contribution in [0.2, 0.25) is 0 Å². The molecule has 1 rings (SSSR count). The average Bonchev–Trinajstić information content (AvgIpc) is 2.15. The number of benzene rings is 1. The van der Waals surface area contributed by atoms with Gasteiger partial charge in [0.25, 0.3) is 0 Å². The Morgan fingerprint density at radius 2 is 1.82 bits per heavy atom. The molecule has 1 aromatic carbocycles. The fourth-order valence-electron chi connectivity index (χ4n) is 2.46. The lowest BCUT2D eigenvalue weighted by molar-refractivity contribution is 0.316. The van der Waals surface area contributed by atoms with Crippen molar-refractivity contribution in [3.05, 3.63) is 29.3 Å². The monoisotopic (exact) mass is 234 g/mol. The molecule has 2 heteroatoms. The molecule has 0 saturated carbocycles. The van der Waals surface area contributed by atoms with Crippen molar-refractivity contribution in [3.8, 4) is 0 Å². The molecular formula is C15H26N2. The molecule has 1 atom stereocenters. The molecule has 0 aromatic heterocycles. The zero-order valence-corrected chi connectivity index (χ0v) is 12.0. The van der Waals surface area contributed by atoms with Crippen molar-refractivity contribution < 1.29 is 0 Å². The molecule has 1 unspecified atom stereocenters. The van der Waals surface area contributed by atoms with Crippen molar-refractivity contribution in [2.24, 2.45) is 11.1 Å². The summed E-state index contributed by atoms with van der Waals surface area (Å²) in [5.74, 6) is 0. The molecule has 0 bridgehead atoms. The second-order valence-corrected chi connectivity index (χ2v) is 6.02. The van der Waals surface area contributed by atoms with E-state index in [1.54, 1.807) is 0 Å². The third-order valence-electron chi connectivity index (χ3n) is 3.42. The van der Waals surface area contributed by atoms with Crippen molar-refractivity contribution in [1.82, 2.24) is 0 Å². The van der Waals surface area contributed by atoms with Crippen LogP contribution in [0, 0.1) is 19.3 Å². The van der Waals surface area contributed by atoms with E-state index in [1.165, 1.54) is 16.8 Å². The Hall–Kier alpha value is -1.02. The smallest absolute Gasteiger partial charge is 0.0457 e. The molecule has 1 aromatic rings. The summed E-state index contributed by atoms with van der Waals surface area (Å²) in [5, 5.41) is 0. The Bertz CT molecular complexity index is 377. The highest BCUT2D eigenvalue weighted by atomic mass is 15.2. The first kappa shape index (κ1) is 14.0. The second-order valence-electron chi connectivity index (χ2n) is 6.02. The quantitative estimate of drug-likeness (QED) is 0.870. The zero-order chi connectivity index (χ0) is 13.2. The third-order valence-corrected chi connectivity index (χ3v) is 3.42. The number of hydrogen-bond donors (Lipinski definition) is 1. The van der Waals surface area contributed by atoms with Crippen LogP contribution in [0.1, 0.15) is 31.9 Å². The van der Waals surface area contributed by atoms with Crippen LogP contribution in [0.15, 0.2) is 18.2 Å². The Morgan fingerprint density at radius 3 is 2.24 bits per heavy atom. The summed E-state index contributed by atoms with van der Waals surface area (Å²) >= 11 is 0. The van der Waals surface area contributed by atoms with Crippen LogP contribution >= 0.6 is 0 Å². The Labute approximate surface area is 106 Å². The molecule has 2 nitrogen and oxygen atoms in total. The molecule has 0 radical (unpaired) electrons. The van der Waals surface area contributed by atoms with Crippen LogP contribution in [-0.2, 0) is 0 Å². The van der Waals surface area contributed by atoms with Crippen molar-refractivity contribution in [2.75, 3.05) is 18.5 Å². The zero-order valence-electron chi connectivity index (χ0n) is 12.0. The van der Waals surface area contributed by atoms with Gasteiger partial charge in [0.15, 0.2) is 0 Å². The highest BCUT2D eigenvalue weighted by Crippen LogP contribution is 2.29. The Kier molecular flexibility index (Phi) is 4.21. The van der Waals surface area contributed by atoms with Crippen molar-refractivity contribution in [3.63, 3.8) is 0 Å². The largest absolute Gasteiger partial charge is 0.370 e. The highest BCUT2D eigenvalue weighted by molar-refractivity contribution is 5.54. The summed E-state index contributed by atoms with van der Waals surface area (Å²) in [6.45, 7) is 11.7. The molecule has 96 valence electrons. The van der Waals surface area contributed by atoms with Crippen LogP contribution in [0.4, 0.5) is 5.69 Å². The summed E-state index contributed by atoms with van der Waals surface area (Å²) in [6, 6.07) is 6.93. The number of nitrogens with two attached hydrogens (primary N) is 1. The molecule has 0 fully saturated rings. The number of anilines is 1. The van der Waals surface area contributed by atoms with E-state index < -0.39 is 0 Å². The average molecular weight is 234 g/mol. The van der Waals surface area contributed by atoms with Crippen molar-refractivity contribution in [1.29, 1.82) is 0 Å². The van der Waals surface area contributed by atoms with Crippen LogP contribution in [-0.4, -0.2) is 19.6 Å². The van der Waals surface area contributed by atoms with E-state index >= 15 is 0 Å². The third kappa shape index (κ3) is 3.22. The fraction of sp³-hybridized carbons (Fsp3) is 0.600. The van der Waals surface area contributed by atoms with E-state index in [2.05, 4.69) is 64.8 Å². The lowest BCUT2D eigenvalue weighted by atomic mass is 9.85. The predicted molar refractivity (Wildman–Crippen MR) is 76.6 cm³/mol. The first-order chi connectivity index (χ1) is 7.77. The van der Waals surface area contributed by atoms with Gasteiger partial charge >= 0.3 is 0 Å². The molecule has 0 spiro atoms. The summed E-state index contributed by atoms with van der Waals surface area (Å²) in [7, 11) is 2.14. The maximum atomic E-state index is 5.94. The molecule has 17 heavy (non-hydrogen) atoms. The topological polar surface area (TPSA) is 29.3 Å². The molecule has 0 saturated heterocycles. The molecule has 0 aliphatic rings. The fourth-order valence-corrected chi connectivity index (χ4v) is 2.46. The van der Waals surface area contributed by atoms with Gasteiger partial charge in [0, 0.05) is 25.3 Å². The van der Waals surface area contributed by atoms with E-state index in [-0.39, 0.29) is 5.41 Å². The van der Waals surface area contributed by atoms with E-state index in [0.29, 0.717) is 12.6 Å². The van der Waals surface area contributed by atoms with Gasteiger partial charge in [-0.25, -0.2) is 0 Å². The summed E-state index contributed by atoms with van der Waals surface area (Å²) < 4.78 is 0. The van der Waals surface area contributed by atoms with Gasteiger partial charge < -0.3 is 10.6 Å². The van der Waals surface area contributed by atoms with E-state index in [1.807, 2.05) is 0 Å². The maximum Gasteiger partial charge on any atom is 0.0457 e. The van der Waals surface area contributed by atoms with E-state index in [4.69, 9.17) is 5.73 Å². The summed E-state index contributed by atoms with van der Waals surface area (Å²) in [6.07, 6.45) is 0. The number of hydrogen-bond acceptors (Lipinski definition) is 2. The molecule has 2 N–H and O–H groups in total. The number of nitrogens with zero attached hydrogens (tertiary/aromatic N) is 1. The van der Waals surface area contributed by atoms with Gasteiger partial charge in [0.2, 0.25) is 0 Å². The number of aryl methyl sites for hydroxylation is 2. The molecule has 0 heterocycles. The number of rotatable bonds is 3. The second kappa shape index (κ2) is 5.09. The van der Waals surface area contributed by atoms with Gasteiger partial charge in [-0.15, -0.1) is 0 Å². The molecule has 0 aliphatic carbocycles. The Balaban J connectivity index is 3.06. The Morgan fingerprint density at radius 1 is 1.24 bits per heavy atom. The van der Waals surface area contributed by atoms with Gasteiger partial charge in [-0.05, 0) is 30.9 Å². The van der Waals surface area contributed by atoms with Crippen LogP contribution < -0.4 is 10.6 Å². The van der Waals surface area contributed by atoms with Gasteiger partial charge in [-0.2, -0.15) is 0 Å². The predicted octanol–water partition coefficient (Wildman–Crippen LogP) is 3.11. The van der Waals surface area contributed by atoms with Gasteiger partial charge in [-0.1, -0.05) is 38.5 Å². The van der Waals surface area contributed by atoms with Crippen LogP contribution in [0.25, 0.3) is 0 Å². The van der Waals surface area contributed by atoms with Gasteiger partial charge in [-0.3, -0.25) is 0 Å². The summed E-state index contributed by atoms with van der Waals surface area (Å²) in [4.78, 5) is 2.31. The van der Waals surface area contributed by atoms with Gasteiger partial charge in [0.1, 0.15) is 0 Å². The van der Waals surface area contributed by atoms with Crippen molar-refractivity contribution in [2.45, 2.75) is 40.7 Å². The number of likely N-dealkylation sites (N-methyl/N-ethyl adjacent to an activating group) is 1. The lowest BCUT2D eigenvalue weighted by Gasteiger charge is -2.39. The minimum absolute atomic E-state index is 0.181. The molecule has 0 amide bonds. The standard InChI is InChI=1S/C15H26N2/c1-11-7-8-13(12(2)9-11)17(6)14(10-16)15(3,4)5/h7-9,14H,10,16H2,1-6H3. The highest BCUT2D eigenvalue weighted by Gasteiger charge is 2.27. The first-order valence-corrected chi connectivity index (χ1v) is 6.27. The normalized spacial score (nSPS) is 13.6. The molecule has 0 aliphatic heterocycles. The lowest BCUT2D eigenvalue weighted by Crippen LogP contribution is -2.47.